The molecule has 0 saturated carbocycles. The molecule has 0 atom stereocenters. The lowest BCUT2D eigenvalue weighted by Crippen LogP contribution is -2.05. The maximum Gasteiger partial charge on any atom is -0.0105 e. The summed E-state index contributed by atoms with van der Waals surface area (Å²) in [6, 6.07) is 0. The van der Waals surface area contributed by atoms with E-state index in [-0.39, 0.29) is 0 Å². The van der Waals surface area contributed by atoms with Gasteiger partial charge in [0.1, 0.15) is 0 Å². The van der Waals surface area contributed by atoms with E-state index in [2.05, 4.69) is 39.8 Å². The fourth-order valence-corrected chi connectivity index (χ4v) is 1.54. The molecular weight excluding hydrogens is 132 g/mol. The molecule has 0 aromatic carbocycles. The minimum absolute atomic E-state index is 0.449. The van der Waals surface area contributed by atoms with Crippen molar-refractivity contribution in [1.29, 1.82) is 0 Å². The summed E-state index contributed by atoms with van der Waals surface area (Å²) in [5.74, 6) is 0. The van der Waals surface area contributed by atoms with Crippen LogP contribution in [0.1, 0.15) is 40.5 Å². The van der Waals surface area contributed by atoms with Gasteiger partial charge in [0, 0.05) is 0 Å². The molecule has 0 aliphatic heterocycles. The first-order valence-electron chi connectivity index (χ1n) is 4.32. The second kappa shape index (κ2) is 2.84. The maximum absolute atomic E-state index is 2.29. The first-order valence-corrected chi connectivity index (χ1v) is 4.32. The van der Waals surface area contributed by atoms with Crippen LogP contribution in [0.4, 0.5) is 0 Å². The average Bonchev–Trinajstić information content (AvgIpc) is 2.10. The Morgan fingerprint density at radius 3 is 2.27 bits per heavy atom. The minimum atomic E-state index is 0.449. The van der Waals surface area contributed by atoms with Crippen LogP contribution in [0.3, 0.4) is 0 Å². The van der Waals surface area contributed by atoms with Gasteiger partial charge < -0.3 is 0 Å². The molecule has 0 radical (unpaired) electrons. The highest BCUT2D eigenvalue weighted by molar-refractivity contribution is 5.29. The van der Waals surface area contributed by atoms with E-state index in [1.54, 1.807) is 5.57 Å². The molecule has 0 heteroatoms. The fourth-order valence-electron chi connectivity index (χ4n) is 1.54. The molecule has 0 unspecified atom stereocenters. The van der Waals surface area contributed by atoms with Gasteiger partial charge in [-0.15, -0.1) is 0 Å². The smallest absolute Gasteiger partial charge is 0.0105 e. The number of hydrogen-bond acceptors (Lipinski definition) is 0. The van der Waals surface area contributed by atoms with Crippen LogP contribution in [-0.4, -0.2) is 0 Å². The predicted molar refractivity (Wildman–Crippen MR) is 50.5 cm³/mol. The van der Waals surface area contributed by atoms with Gasteiger partial charge in [-0.05, 0) is 25.2 Å². The zero-order chi connectivity index (χ0) is 8.48. The van der Waals surface area contributed by atoms with Crippen LogP contribution in [0.5, 0.6) is 0 Å². The number of allylic oxidation sites excluding steroid dienone is 4. The summed E-state index contributed by atoms with van der Waals surface area (Å²) in [7, 11) is 0. The summed E-state index contributed by atoms with van der Waals surface area (Å²) in [6.45, 7) is 9.08. The van der Waals surface area contributed by atoms with Crippen molar-refractivity contribution in [2.75, 3.05) is 0 Å². The Morgan fingerprint density at radius 2 is 1.91 bits per heavy atom. The Labute approximate surface area is 70.0 Å². The largest absolute Gasteiger partial charge is 0.0693 e. The topological polar surface area (TPSA) is 0 Å². The molecule has 1 aliphatic rings. The van der Waals surface area contributed by atoms with Gasteiger partial charge in [-0.1, -0.05) is 44.1 Å². The van der Waals surface area contributed by atoms with Crippen molar-refractivity contribution in [3.05, 3.63) is 23.3 Å². The lowest BCUT2D eigenvalue weighted by atomic mass is 9.87. The molecule has 0 bridgehead atoms. The molecule has 0 amide bonds. The molecule has 0 saturated heterocycles. The third-order valence-corrected chi connectivity index (χ3v) is 1.87. The van der Waals surface area contributed by atoms with Crippen LogP contribution in [-0.2, 0) is 0 Å². The van der Waals surface area contributed by atoms with Crippen molar-refractivity contribution in [2.45, 2.75) is 40.5 Å². The van der Waals surface area contributed by atoms with Gasteiger partial charge in [-0.3, -0.25) is 0 Å². The van der Waals surface area contributed by atoms with Crippen molar-refractivity contribution in [3.63, 3.8) is 0 Å². The predicted octanol–water partition coefficient (Wildman–Crippen LogP) is 3.70. The van der Waals surface area contributed by atoms with Crippen LogP contribution in [0.2, 0.25) is 0 Å². The fraction of sp³-hybridized carbons (Fsp3) is 0.636. The Kier molecular flexibility index (Phi) is 2.22. The standard InChI is InChI=1S/C11H18/c1-9-5-6-10(7-9)8-11(2,3)4/h5-6H,7-8H2,1-4H3. The number of rotatable bonds is 1. The van der Waals surface area contributed by atoms with Gasteiger partial charge in [0.05, 0.1) is 0 Å². The third-order valence-electron chi connectivity index (χ3n) is 1.87. The molecule has 62 valence electrons. The second-order valence-electron chi connectivity index (χ2n) is 4.75. The van der Waals surface area contributed by atoms with Gasteiger partial charge in [0.25, 0.3) is 0 Å². The lowest BCUT2D eigenvalue weighted by molar-refractivity contribution is 0.407. The average molecular weight is 150 g/mol. The molecule has 0 nitrogen and oxygen atoms in total. The van der Waals surface area contributed by atoms with Crippen LogP contribution < -0.4 is 0 Å². The quantitative estimate of drug-likeness (QED) is 0.534. The lowest BCUT2D eigenvalue weighted by Gasteiger charge is -2.18. The molecule has 0 aromatic rings. The highest BCUT2D eigenvalue weighted by Gasteiger charge is 2.14. The van der Waals surface area contributed by atoms with Crippen molar-refractivity contribution in [3.8, 4) is 0 Å². The molecule has 0 aromatic heterocycles. The van der Waals surface area contributed by atoms with E-state index in [1.807, 2.05) is 0 Å². The van der Waals surface area contributed by atoms with Gasteiger partial charge in [0.2, 0.25) is 0 Å². The van der Waals surface area contributed by atoms with E-state index in [4.69, 9.17) is 0 Å². The van der Waals surface area contributed by atoms with Gasteiger partial charge >= 0.3 is 0 Å². The summed E-state index contributed by atoms with van der Waals surface area (Å²) in [5, 5.41) is 0. The molecule has 11 heavy (non-hydrogen) atoms. The maximum atomic E-state index is 2.29. The monoisotopic (exact) mass is 150 g/mol. The van der Waals surface area contributed by atoms with Gasteiger partial charge in [-0.2, -0.15) is 0 Å². The first-order chi connectivity index (χ1) is 4.97. The molecule has 1 aliphatic carbocycles. The molecule has 0 fully saturated rings. The molecule has 1 rings (SSSR count). The Bertz CT molecular complexity index is 199. The van der Waals surface area contributed by atoms with Gasteiger partial charge in [0.15, 0.2) is 0 Å². The van der Waals surface area contributed by atoms with Crippen molar-refractivity contribution in [2.24, 2.45) is 5.41 Å². The van der Waals surface area contributed by atoms with E-state index in [1.165, 1.54) is 18.4 Å². The van der Waals surface area contributed by atoms with Crippen LogP contribution in [0, 0.1) is 5.41 Å². The summed E-state index contributed by atoms with van der Waals surface area (Å²) >= 11 is 0. The highest BCUT2D eigenvalue weighted by atomic mass is 14.2. The normalized spacial score (nSPS) is 18.2. The molecule has 0 spiro atoms. The first kappa shape index (κ1) is 8.58. The Hall–Kier alpha value is -0.520. The summed E-state index contributed by atoms with van der Waals surface area (Å²) in [4.78, 5) is 0. The highest BCUT2D eigenvalue weighted by Crippen LogP contribution is 2.30. The number of hydrogen-bond donors (Lipinski definition) is 0. The zero-order valence-electron chi connectivity index (χ0n) is 8.07. The Balaban J connectivity index is 2.44. The SMILES string of the molecule is CC1=CC=C(CC(C)(C)C)C1. The van der Waals surface area contributed by atoms with E-state index < -0.39 is 0 Å². The van der Waals surface area contributed by atoms with E-state index in [9.17, 15) is 0 Å². The Morgan fingerprint density at radius 1 is 1.27 bits per heavy atom. The summed E-state index contributed by atoms with van der Waals surface area (Å²) < 4.78 is 0. The van der Waals surface area contributed by atoms with Crippen molar-refractivity contribution < 1.29 is 0 Å². The van der Waals surface area contributed by atoms with Crippen molar-refractivity contribution in [1.82, 2.24) is 0 Å². The summed E-state index contributed by atoms with van der Waals surface area (Å²) in [6.07, 6.45) is 6.96. The van der Waals surface area contributed by atoms with E-state index >= 15 is 0 Å². The van der Waals surface area contributed by atoms with Crippen LogP contribution in [0.15, 0.2) is 23.3 Å². The zero-order valence-corrected chi connectivity index (χ0v) is 8.07. The van der Waals surface area contributed by atoms with Crippen molar-refractivity contribution >= 4 is 0 Å². The van der Waals surface area contributed by atoms with Crippen LogP contribution in [0.25, 0.3) is 0 Å². The second-order valence-corrected chi connectivity index (χ2v) is 4.75. The van der Waals surface area contributed by atoms with Crippen LogP contribution >= 0.6 is 0 Å². The third kappa shape index (κ3) is 2.92. The summed E-state index contributed by atoms with van der Waals surface area (Å²) in [5.41, 5.74) is 3.55. The molecule has 0 N–H and O–H groups in total. The van der Waals surface area contributed by atoms with Gasteiger partial charge in [-0.25, -0.2) is 0 Å². The molecular formula is C11H18. The van der Waals surface area contributed by atoms with E-state index in [0.29, 0.717) is 5.41 Å². The van der Waals surface area contributed by atoms with E-state index in [0.717, 1.165) is 0 Å². The molecule has 0 heterocycles. The minimum Gasteiger partial charge on any atom is -0.0693 e.